The molecular formula is C20H29N5OS. The highest BCUT2D eigenvalue weighted by Gasteiger charge is 2.25. The summed E-state index contributed by atoms with van der Waals surface area (Å²) in [6.07, 6.45) is 10.3. The summed E-state index contributed by atoms with van der Waals surface area (Å²) in [5, 5.41) is 1.20. The number of nitrogens with zero attached hydrogens (tertiary/aromatic N) is 5. The van der Waals surface area contributed by atoms with E-state index in [0.717, 1.165) is 44.5 Å². The summed E-state index contributed by atoms with van der Waals surface area (Å²) >= 11 is 1.82. The molecule has 1 fully saturated rings. The van der Waals surface area contributed by atoms with Gasteiger partial charge in [0.05, 0.1) is 6.54 Å². The number of carbonyl (C=O) groups is 1. The van der Waals surface area contributed by atoms with Crippen LogP contribution in [-0.4, -0.2) is 49.8 Å². The Labute approximate surface area is 165 Å². The molecule has 0 N–H and O–H groups in total. The van der Waals surface area contributed by atoms with Gasteiger partial charge in [-0.3, -0.25) is 9.69 Å². The van der Waals surface area contributed by atoms with E-state index in [4.69, 9.17) is 0 Å². The maximum atomic E-state index is 12.3. The Kier molecular flexibility index (Phi) is 6.90. The lowest BCUT2D eigenvalue weighted by molar-refractivity contribution is -0.132. The van der Waals surface area contributed by atoms with Crippen LogP contribution in [0.1, 0.15) is 61.4 Å². The Bertz CT molecular complexity index is 733. The van der Waals surface area contributed by atoms with Gasteiger partial charge in [-0.1, -0.05) is 13.8 Å². The van der Waals surface area contributed by atoms with Crippen LogP contribution in [0.3, 0.4) is 0 Å². The molecule has 0 aliphatic carbocycles. The summed E-state index contributed by atoms with van der Waals surface area (Å²) in [4.78, 5) is 30.8. The zero-order valence-electron chi connectivity index (χ0n) is 16.5. The smallest absolute Gasteiger partial charge is 0.219 e. The average Bonchev–Trinajstić information content (AvgIpc) is 3.00. The predicted molar refractivity (Wildman–Crippen MR) is 107 cm³/mol. The number of hydrogen-bond acceptors (Lipinski definition) is 6. The highest BCUT2D eigenvalue weighted by Crippen LogP contribution is 2.25. The molecule has 2 aromatic rings. The molecule has 3 rings (SSSR count). The summed E-state index contributed by atoms with van der Waals surface area (Å²) in [7, 11) is 0. The van der Waals surface area contributed by atoms with Crippen LogP contribution in [0.2, 0.25) is 0 Å². The van der Waals surface area contributed by atoms with Gasteiger partial charge in [0.25, 0.3) is 0 Å². The Morgan fingerprint density at radius 1 is 1.26 bits per heavy atom. The van der Waals surface area contributed by atoms with Gasteiger partial charge in [-0.05, 0) is 31.7 Å². The highest BCUT2D eigenvalue weighted by atomic mass is 32.1. The fourth-order valence-corrected chi connectivity index (χ4v) is 4.54. The SMILES string of the molecule is CC(=O)N(Cc1cncnc1)[C@@H]1CCCN(Cc2ncc(C(C)C)s2)CC1. The Balaban J connectivity index is 1.59. The summed E-state index contributed by atoms with van der Waals surface area (Å²) in [5.74, 6) is 0.662. The molecule has 1 aliphatic heterocycles. The van der Waals surface area contributed by atoms with Crippen molar-refractivity contribution in [1.29, 1.82) is 0 Å². The first kappa shape index (κ1) is 19.9. The molecule has 146 valence electrons. The van der Waals surface area contributed by atoms with E-state index in [1.54, 1.807) is 19.3 Å². The van der Waals surface area contributed by atoms with Crippen molar-refractivity contribution in [3.63, 3.8) is 0 Å². The second-order valence-electron chi connectivity index (χ2n) is 7.57. The number of hydrogen-bond donors (Lipinski definition) is 0. The monoisotopic (exact) mass is 387 g/mol. The molecule has 3 heterocycles. The van der Waals surface area contributed by atoms with Crippen LogP contribution in [0.15, 0.2) is 24.9 Å². The van der Waals surface area contributed by atoms with E-state index in [1.165, 1.54) is 16.2 Å². The quantitative estimate of drug-likeness (QED) is 0.760. The van der Waals surface area contributed by atoms with Gasteiger partial charge in [-0.15, -0.1) is 11.3 Å². The van der Waals surface area contributed by atoms with E-state index in [0.29, 0.717) is 12.5 Å². The Morgan fingerprint density at radius 3 is 2.70 bits per heavy atom. The van der Waals surface area contributed by atoms with E-state index >= 15 is 0 Å². The topological polar surface area (TPSA) is 62.2 Å². The number of likely N-dealkylation sites (tertiary alicyclic amines) is 1. The van der Waals surface area contributed by atoms with Gasteiger partial charge in [-0.2, -0.15) is 0 Å². The summed E-state index contributed by atoms with van der Waals surface area (Å²) < 4.78 is 0. The van der Waals surface area contributed by atoms with E-state index < -0.39 is 0 Å². The van der Waals surface area contributed by atoms with E-state index in [2.05, 4.69) is 33.7 Å². The van der Waals surface area contributed by atoms with Crippen molar-refractivity contribution < 1.29 is 4.79 Å². The molecular weight excluding hydrogens is 358 g/mol. The molecule has 0 saturated carbocycles. The Hall–Kier alpha value is -1.86. The summed E-state index contributed by atoms with van der Waals surface area (Å²) in [5.41, 5.74) is 0.984. The van der Waals surface area contributed by atoms with Gasteiger partial charge >= 0.3 is 0 Å². The van der Waals surface area contributed by atoms with E-state index in [-0.39, 0.29) is 11.9 Å². The van der Waals surface area contributed by atoms with Crippen LogP contribution < -0.4 is 0 Å². The van der Waals surface area contributed by atoms with Crippen LogP contribution in [0, 0.1) is 0 Å². The standard InChI is InChI=1S/C20H29N5OS/c1-15(2)19-11-23-20(27-19)13-24-7-4-5-18(6-8-24)25(16(3)26)12-17-9-21-14-22-10-17/h9-11,14-15,18H,4-8,12-13H2,1-3H3/t18-/m1/s1. The van der Waals surface area contributed by atoms with Crippen LogP contribution in [0.5, 0.6) is 0 Å². The number of aromatic nitrogens is 3. The van der Waals surface area contributed by atoms with Crippen molar-refractivity contribution in [2.75, 3.05) is 13.1 Å². The molecule has 0 unspecified atom stereocenters. The average molecular weight is 388 g/mol. The first-order chi connectivity index (χ1) is 13.0. The highest BCUT2D eigenvalue weighted by molar-refractivity contribution is 7.11. The third-order valence-corrected chi connectivity index (χ3v) is 6.38. The number of carbonyl (C=O) groups excluding carboxylic acids is 1. The van der Waals surface area contributed by atoms with Gasteiger partial charge in [-0.25, -0.2) is 15.0 Å². The van der Waals surface area contributed by atoms with Crippen molar-refractivity contribution in [2.24, 2.45) is 0 Å². The number of amides is 1. The van der Waals surface area contributed by atoms with E-state index in [9.17, 15) is 4.79 Å². The molecule has 27 heavy (non-hydrogen) atoms. The maximum Gasteiger partial charge on any atom is 0.219 e. The molecule has 0 bridgehead atoms. The van der Waals surface area contributed by atoms with E-state index in [1.807, 2.05) is 22.4 Å². The molecule has 0 radical (unpaired) electrons. The normalized spacial score (nSPS) is 18.4. The molecule has 1 amide bonds. The predicted octanol–water partition coefficient (Wildman–Crippen LogP) is 3.46. The van der Waals surface area contributed by atoms with Gasteiger partial charge in [0.1, 0.15) is 11.3 Å². The first-order valence-corrected chi connectivity index (χ1v) is 10.5. The van der Waals surface area contributed by atoms with Gasteiger partial charge in [0, 0.05) is 55.1 Å². The van der Waals surface area contributed by atoms with Gasteiger partial charge in [0.15, 0.2) is 0 Å². The second kappa shape index (κ2) is 9.37. The van der Waals surface area contributed by atoms with Crippen molar-refractivity contribution >= 4 is 17.2 Å². The molecule has 0 spiro atoms. The lowest BCUT2D eigenvalue weighted by Crippen LogP contribution is -2.39. The molecule has 1 atom stereocenters. The minimum Gasteiger partial charge on any atom is -0.335 e. The molecule has 7 heteroatoms. The molecule has 0 aromatic carbocycles. The minimum atomic E-state index is 0.124. The van der Waals surface area contributed by atoms with Crippen LogP contribution in [-0.2, 0) is 17.9 Å². The van der Waals surface area contributed by atoms with Crippen molar-refractivity contribution in [2.45, 2.75) is 65.1 Å². The van der Waals surface area contributed by atoms with Crippen LogP contribution >= 0.6 is 11.3 Å². The molecule has 6 nitrogen and oxygen atoms in total. The fraction of sp³-hybridized carbons (Fsp3) is 0.600. The number of rotatable bonds is 6. The zero-order valence-corrected chi connectivity index (χ0v) is 17.3. The summed E-state index contributed by atoms with van der Waals surface area (Å²) in [6, 6.07) is 0.273. The molecule has 1 aliphatic rings. The summed E-state index contributed by atoms with van der Waals surface area (Å²) in [6.45, 7) is 9.64. The lowest BCUT2D eigenvalue weighted by Gasteiger charge is -2.30. The molecule has 1 saturated heterocycles. The van der Waals surface area contributed by atoms with Crippen LogP contribution in [0.4, 0.5) is 0 Å². The third kappa shape index (κ3) is 5.56. The van der Waals surface area contributed by atoms with Gasteiger partial charge in [0.2, 0.25) is 5.91 Å². The Morgan fingerprint density at radius 2 is 2.04 bits per heavy atom. The van der Waals surface area contributed by atoms with Crippen molar-refractivity contribution in [3.05, 3.63) is 40.4 Å². The number of thiazole rings is 1. The fourth-order valence-electron chi connectivity index (χ4n) is 3.57. The minimum absolute atomic E-state index is 0.124. The largest absolute Gasteiger partial charge is 0.335 e. The van der Waals surface area contributed by atoms with Crippen molar-refractivity contribution in [1.82, 2.24) is 24.8 Å². The van der Waals surface area contributed by atoms with Crippen molar-refractivity contribution in [3.8, 4) is 0 Å². The first-order valence-electron chi connectivity index (χ1n) is 9.71. The zero-order chi connectivity index (χ0) is 19.2. The maximum absolute atomic E-state index is 12.3. The van der Waals surface area contributed by atoms with Gasteiger partial charge < -0.3 is 4.90 Å². The molecule has 2 aromatic heterocycles. The second-order valence-corrected chi connectivity index (χ2v) is 8.71. The third-order valence-electron chi connectivity index (χ3n) is 5.10. The van der Waals surface area contributed by atoms with Crippen LogP contribution in [0.25, 0.3) is 0 Å². The lowest BCUT2D eigenvalue weighted by atomic mass is 10.1.